The molecule has 3 rings (SSSR count). The molecule has 2 heterocycles. The van der Waals surface area contributed by atoms with Crippen LogP contribution in [0.5, 0.6) is 11.8 Å². The van der Waals surface area contributed by atoms with Gasteiger partial charge in [0.15, 0.2) is 5.82 Å². The minimum Gasteiger partial charge on any atom is -0.478 e. The van der Waals surface area contributed by atoms with Crippen molar-refractivity contribution in [1.82, 2.24) is 9.97 Å². The van der Waals surface area contributed by atoms with Crippen LogP contribution in [0, 0.1) is 6.92 Å². The summed E-state index contributed by atoms with van der Waals surface area (Å²) in [4.78, 5) is 34.2. The lowest BCUT2D eigenvalue weighted by molar-refractivity contribution is -0.117. The van der Waals surface area contributed by atoms with E-state index in [-0.39, 0.29) is 18.0 Å². The second kappa shape index (κ2) is 8.96. The molecule has 0 bridgehead atoms. The number of aromatic amines is 1. The molecule has 30 heavy (non-hydrogen) atoms. The second-order valence-corrected chi connectivity index (χ2v) is 7.24. The zero-order chi connectivity index (χ0) is 21.8. The summed E-state index contributed by atoms with van der Waals surface area (Å²) in [7, 11) is 0. The molecule has 0 spiro atoms. The smallest absolute Gasteiger partial charge is 0.336 e. The van der Waals surface area contributed by atoms with Crippen molar-refractivity contribution < 1.29 is 19.4 Å². The number of carbonyl (C=O) groups excluding carboxylic acids is 1. The summed E-state index contributed by atoms with van der Waals surface area (Å²) in [5, 5.41) is 8.87. The van der Waals surface area contributed by atoms with Gasteiger partial charge in [0, 0.05) is 12.8 Å². The van der Waals surface area contributed by atoms with E-state index in [0.29, 0.717) is 29.3 Å². The van der Waals surface area contributed by atoms with Crippen LogP contribution in [-0.4, -0.2) is 38.0 Å². The van der Waals surface area contributed by atoms with Crippen LogP contribution in [0.25, 0.3) is 0 Å². The van der Waals surface area contributed by atoms with Crippen LogP contribution >= 0.6 is 11.6 Å². The van der Waals surface area contributed by atoms with Gasteiger partial charge in [0.25, 0.3) is 0 Å². The number of rotatable bonds is 7. The fraction of sp³-hybridized carbons (Fsp3) is 0.238. The van der Waals surface area contributed by atoms with Gasteiger partial charge in [-0.1, -0.05) is 24.3 Å². The number of aromatic nitrogens is 2. The predicted octanol–water partition coefficient (Wildman–Crippen LogP) is 3.82. The molecule has 1 aliphatic rings. The average molecular weight is 429 g/mol. The molecule has 8 nitrogen and oxygen atoms in total. The van der Waals surface area contributed by atoms with E-state index >= 15 is 0 Å². The van der Waals surface area contributed by atoms with E-state index in [1.165, 1.54) is 6.07 Å². The molecule has 1 unspecified atom stereocenters. The first-order chi connectivity index (χ1) is 14.3. The van der Waals surface area contributed by atoms with Crippen LogP contribution in [0.15, 0.2) is 47.0 Å². The van der Waals surface area contributed by atoms with Crippen molar-refractivity contribution in [2.45, 2.75) is 32.1 Å². The third-order valence-electron chi connectivity index (χ3n) is 4.52. The Bertz CT molecular complexity index is 1080. The highest BCUT2D eigenvalue weighted by Crippen LogP contribution is 2.32. The van der Waals surface area contributed by atoms with E-state index in [9.17, 15) is 14.7 Å². The summed E-state index contributed by atoms with van der Waals surface area (Å²) in [5.41, 5.74) is 8.08. The lowest BCUT2D eigenvalue weighted by Gasteiger charge is -2.17. The van der Waals surface area contributed by atoms with E-state index in [0.717, 1.165) is 11.3 Å². The number of aliphatic imine (C=N–C) groups is 1. The first-order valence-electron chi connectivity index (χ1n) is 9.23. The van der Waals surface area contributed by atoms with Crippen molar-refractivity contribution in [1.29, 1.82) is 0 Å². The molecule has 1 amide bonds. The van der Waals surface area contributed by atoms with E-state index in [1.54, 1.807) is 31.2 Å². The Labute approximate surface area is 178 Å². The Kier molecular flexibility index (Phi) is 6.37. The average Bonchev–Trinajstić information content (AvgIpc) is 3.07. The van der Waals surface area contributed by atoms with Crippen molar-refractivity contribution in [3.05, 3.63) is 58.8 Å². The highest BCUT2D eigenvalue weighted by atomic mass is 35.5. The lowest BCUT2D eigenvalue weighted by atomic mass is 10.0. The molecule has 0 radical (unpaired) electrons. The van der Waals surface area contributed by atoms with Gasteiger partial charge < -0.3 is 20.6 Å². The minimum atomic E-state index is -1.03. The monoisotopic (exact) mass is 428 g/mol. The molecule has 1 aromatic heterocycles. The number of ether oxygens (including phenoxy) is 1. The Morgan fingerprint density at radius 2 is 2.20 bits per heavy atom. The van der Waals surface area contributed by atoms with Gasteiger partial charge in [-0.15, -0.1) is 11.6 Å². The fourth-order valence-electron chi connectivity index (χ4n) is 3.00. The molecule has 0 aliphatic carbocycles. The number of alkyl halides is 1. The summed E-state index contributed by atoms with van der Waals surface area (Å²) in [6.45, 7) is 3.56. The predicted molar refractivity (Wildman–Crippen MR) is 114 cm³/mol. The Morgan fingerprint density at radius 3 is 2.87 bits per heavy atom. The number of hydrogen-bond donors (Lipinski definition) is 3. The summed E-state index contributed by atoms with van der Waals surface area (Å²) >= 11 is 6.52. The molecule has 1 aromatic carbocycles. The molecule has 0 saturated carbocycles. The van der Waals surface area contributed by atoms with Gasteiger partial charge in [-0.2, -0.15) is 4.98 Å². The van der Waals surface area contributed by atoms with Crippen molar-refractivity contribution in [3.63, 3.8) is 0 Å². The van der Waals surface area contributed by atoms with Crippen LogP contribution in [-0.2, 0) is 11.2 Å². The van der Waals surface area contributed by atoms with E-state index in [1.807, 2.05) is 13.0 Å². The molecular weight excluding hydrogens is 408 g/mol. The second-order valence-electron chi connectivity index (χ2n) is 6.71. The summed E-state index contributed by atoms with van der Waals surface area (Å²) in [6.07, 6.45) is 5.85. The fourth-order valence-corrected chi connectivity index (χ4v) is 3.33. The van der Waals surface area contributed by atoms with Crippen LogP contribution in [0.4, 0.5) is 5.82 Å². The third-order valence-corrected chi connectivity index (χ3v) is 4.88. The summed E-state index contributed by atoms with van der Waals surface area (Å²) < 4.78 is 5.70. The topological polar surface area (TPSA) is 131 Å². The van der Waals surface area contributed by atoms with Crippen LogP contribution < -0.4 is 10.5 Å². The number of carbonyl (C=O) groups is 2. The number of halogens is 1. The van der Waals surface area contributed by atoms with E-state index in [4.69, 9.17) is 22.1 Å². The first-order valence-corrected chi connectivity index (χ1v) is 9.67. The number of benzene rings is 1. The Hall–Kier alpha value is -3.39. The summed E-state index contributed by atoms with van der Waals surface area (Å²) in [6, 6.07) is 4.98. The Morgan fingerprint density at radius 1 is 1.43 bits per heavy atom. The molecule has 9 heteroatoms. The number of carboxylic acids is 1. The van der Waals surface area contributed by atoms with Gasteiger partial charge >= 0.3 is 12.0 Å². The van der Waals surface area contributed by atoms with Crippen LogP contribution in [0.3, 0.4) is 0 Å². The van der Waals surface area contributed by atoms with Gasteiger partial charge in [-0.3, -0.25) is 4.79 Å². The maximum absolute atomic E-state index is 11.3. The van der Waals surface area contributed by atoms with Crippen LogP contribution in [0.1, 0.15) is 35.0 Å². The molecule has 156 valence electrons. The van der Waals surface area contributed by atoms with Crippen LogP contribution in [0.2, 0.25) is 0 Å². The van der Waals surface area contributed by atoms with Gasteiger partial charge in [-0.25, -0.2) is 9.79 Å². The number of primary amides is 1. The van der Waals surface area contributed by atoms with Gasteiger partial charge in [-0.05, 0) is 37.1 Å². The van der Waals surface area contributed by atoms with Crippen molar-refractivity contribution in [3.8, 4) is 11.8 Å². The number of nitrogens with one attached hydrogen (secondary N) is 1. The maximum atomic E-state index is 11.3. The molecule has 4 N–H and O–H groups in total. The highest BCUT2D eigenvalue weighted by Gasteiger charge is 2.26. The largest absolute Gasteiger partial charge is 0.478 e. The third kappa shape index (κ3) is 4.77. The summed E-state index contributed by atoms with van der Waals surface area (Å²) in [5.74, 6) is -0.656. The van der Waals surface area contributed by atoms with Gasteiger partial charge in [0.1, 0.15) is 5.75 Å². The number of fused-ring (bicyclic) bond motifs is 1. The number of aryl methyl sites for hydroxylation is 1. The molecule has 1 aliphatic heterocycles. The minimum absolute atomic E-state index is 0.123. The number of H-pyrrole nitrogens is 1. The quantitative estimate of drug-likeness (QED) is 0.455. The first kappa shape index (κ1) is 21.3. The normalized spacial score (nSPS) is 16.3. The standard InChI is InChI=1S/C21H21ClN4O4/c1-3-12(5-4-6-17(23)27)18-15(22)10-16-19(25-18)26-21(24-16)30-13-8-7-11(2)14(9-13)20(28)29/h3-5,7-9,15H,6,10H2,1-2H3,(H2,23,27)(H,24,26)(H,28,29)/b5-4-,12-3+. The number of imidazole rings is 1. The van der Waals surface area contributed by atoms with Gasteiger partial charge in [0.2, 0.25) is 5.91 Å². The number of allylic oxidation sites excluding steroid dienone is 3. The SMILES string of the molecule is C/C=C(\C=C/CC(N)=O)C1=Nc2nc(Oc3ccc(C)c(C(=O)O)c3)[nH]c2CC1Cl. The van der Waals surface area contributed by atoms with Crippen molar-refractivity contribution in [2.24, 2.45) is 10.7 Å². The zero-order valence-corrected chi connectivity index (χ0v) is 17.2. The highest BCUT2D eigenvalue weighted by molar-refractivity contribution is 6.36. The van der Waals surface area contributed by atoms with Gasteiger partial charge in [0.05, 0.1) is 22.3 Å². The maximum Gasteiger partial charge on any atom is 0.336 e. The molecular formula is C21H21ClN4O4. The number of hydrogen-bond acceptors (Lipinski definition) is 5. The molecule has 1 atom stereocenters. The van der Waals surface area contributed by atoms with Crippen molar-refractivity contribution >= 4 is 35.0 Å². The van der Waals surface area contributed by atoms with E-state index < -0.39 is 17.3 Å². The zero-order valence-electron chi connectivity index (χ0n) is 16.5. The number of amides is 1. The van der Waals surface area contributed by atoms with E-state index in [2.05, 4.69) is 15.0 Å². The lowest BCUT2D eigenvalue weighted by Crippen LogP contribution is -2.22. The number of nitrogens with two attached hydrogens (primary N) is 1. The Balaban J connectivity index is 1.85. The van der Waals surface area contributed by atoms with Crippen molar-refractivity contribution in [2.75, 3.05) is 0 Å². The number of nitrogens with zero attached hydrogens (tertiary/aromatic N) is 2. The molecule has 0 fully saturated rings. The number of carboxylic acid groups (broad SMARTS) is 1. The molecule has 2 aromatic rings. The molecule has 0 saturated heterocycles. The number of aromatic carboxylic acids is 1.